The van der Waals surface area contributed by atoms with Gasteiger partial charge < -0.3 is 18.9 Å². The normalized spacial score (nSPS) is 11.4. The van der Waals surface area contributed by atoms with E-state index in [9.17, 15) is 0 Å². The molecular formula is C20H20ClNO4. The first kappa shape index (κ1) is 18.1. The molecule has 0 unspecified atom stereocenters. The Bertz CT molecular complexity index is 987. The van der Waals surface area contributed by atoms with E-state index in [0.29, 0.717) is 11.5 Å². The second-order valence-corrected chi connectivity index (χ2v) is 5.92. The van der Waals surface area contributed by atoms with Gasteiger partial charge in [-0.1, -0.05) is 0 Å². The maximum absolute atomic E-state index is 5.47. The molecule has 0 saturated carbocycles. The summed E-state index contributed by atoms with van der Waals surface area (Å²) < 4.78 is 21.7. The molecule has 6 heteroatoms. The Balaban J connectivity index is 0.00000196. The third kappa shape index (κ3) is 2.59. The molecule has 0 fully saturated rings. The molecule has 136 valence electrons. The zero-order valence-corrected chi connectivity index (χ0v) is 15.9. The van der Waals surface area contributed by atoms with E-state index in [1.807, 2.05) is 30.5 Å². The van der Waals surface area contributed by atoms with E-state index in [1.165, 1.54) is 11.1 Å². The highest BCUT2D eigenvalue weighted by Crippen LogP contribution is 2.45. The van der Waals surface area contributed by atoms with Gasteiger partial charge in [-0.25, -0.2) is 0 Å². The number of nitrogens with zero attached hydrogens (tertiary/aromatic N) is 1. The van der Waals surface area contributed by atoms with Gasteiger partial charge in [0.05, 0.1) is 34.1 Å². The van der Waals surface area contributed by atoms with E-state index < -0.39 is 0 Å². The number of aromatic nitrogens is 1. The first-order valence-electron chi connectivity index (χ1n) is 7.99. The number of methoxy groups -OCH3 is 4. The Morgan fingerprint density at radius 3 is 2.00 bits per heavy atom. The molecule has 0 atom stereocenters. The summed E-state index contributed by atoms with van der Waals surface area (Å²) in [5, 5.41) is 2.15. The van der Waals surface area contributed by atoms with E-state index in [-0.39, 0.29) is 12.4 Å². The Morgan fingerprint density at radius 2 is 1.35 bits per heavy atom. The maximum atomic E-state index is 5.47. The van der Waals surface area contributed by atoms with Crippen molar-refractivity contribution in [2.24, 2.45) is 0 Å². The maximum Gasteiger partial charge on any atom is 0.161 e. The lowest BCUT2D eigenvalue weighted by atomic mass is 10.0. The summed E-state index contributed by atoms with van der Waals surface area (Å²) >= 11 is 0. The number of pyridine rings is 1. The number of benzene rings is 2. The summed E-state index contributed by atoms with van der Waals surface area (Å²) in [5.41, 5.74) is 4.44. The van der Waals surface area contributed by atoms with Crippen molar-refractivity contribution in [3.8, 4) is 34.3 Å². The number of fused-ring (bicyclic) bond motifs is 5. The minimum atomic E-state index is 0. The Morgan fingerprint density at radius 1 is 0.769 bits per heavy atom. The standard InChI is InChI=1S/C20H19NO4.ClH/c1-22-16-6-11-5-15-13-8-18(24-3)17(23-2)7-12(13)10-21-20(15)14(11)9-19(16)25-4;/h6-10H,5H2,1-4H3;1H. The molecule has 26 heavy (non-hydrogen) atoms. The topological polar surface area (TPSA) is 49.8 Å². The molecule has 1 aromatic heterocycles. The van der Waals surface area contributed by atoms with Crippen LogP contribution in [0.2, 0.25) is 0 Å². The number of ether oxygens (including phenoxy) is 4. The molecular weight excluding hydrogens is 354 g/mol. The van der Waals surface area contributed by atoms with Crippen molar-refractivity contribution in [1.82, 2.24) is 4.98 Å². The van der Waals surface area contributed by atoms with Crippen molar-refractivity contribution in [3.05, 3.63) is 41.6 Å². The molecule has 1 aliphatic carbocycles. The zero-order valence-electron chi connectivity index (χ0n) is 15.1. The Labute approximate surface area is 158 Å². The fourth-order valence-corrected chi connectivity index (χ4v) is 3.49. The predicted molar refractivity (Wildman–Crippen MR) is 103 cm³/mol. The van der Waals surface area contributed by atoms with Gasteiger partial charge in [-0.15, -0.1) is 12.4 Å². The first-order chi connectivity index (χ1) is 12.2. The third-order valence-electron chi connectivity index (χ3n) is 4.73. The van der Waals surface area contributed by atoms with Crippen molar-refractivity contribution in [3.63, 3.8) is 0 Å². The molecule has 1 aliphatic rings. The van der Waals surface area contributed by atoms with Gasteiger partial charge >= 0.3 is 0 Å². The monoisotopic (exact) mass is 373 g/mol. The van der Waals surface area contributed by atoms with Crippen molar-refractivity contribution < 1.29 is 18.9 Å². The van der Waals surface area contributed by atoms with Crippen LogP contribution in [0.1, 0.15) is 11.1 Å². The van der Waals surface area contributed by atoms with Gasteiger partial charge in [0.15, 0.2) is 23.0 Å². The van der Waals surface area contributed by atoms with Crippen molar-refractivity contribution in [1.29, 1.82) is 0 Å². The highest BCUT2D eigenvalue weighted by atomic mass is 35.5. The fraction of sp³-hybridized carbons (Fsp3) is 0.250. The van der Waals surface area contributed by atoms with Gasteiger partial charge in [-0.3, -0.25) is 4.98 Å². The van der Waals surface area contributed by atoms with Gasteiger partial charge in [-0.2, -0.15) is 0 Å². The van der Waals surface area contributed by atoms with E-state index in [4.69, 9.17) is 23.9 Å². The van der Waals surface area contributed by atoms with Crippen LogP contribution in [0.4, 0.5) is 0 Å². The first-order valence-corrected chi connectivity index (χ1v) is 7.99. The van der Waals surface area contributed by atoms with E-state index in [1.54, 1.807) is 28.4 Å². The number of rotatable bonds is 4. The van der Waals surface area contributed by atoms with E-state index in [2.05, 4.69) is 0 Å². The average Bonchev–Trinajstić information content (AvgIpc) is 3.03. The molecule has 0 amide bonds. The van der Waals surface area contributed by atoms with Crippen LogP contribution in [-0.2, 0) is 6.42 Å². The molecule has 3 aromatic rings. The van der Waals surface area contributed by atoms with Crippen molar-refractivity contribution >= 4 is 23.2 Å². The molecule has 0 spiro atoms. The molecule has 4 rings (SSSR count). The Kier molecular flexibility index (Phi) is 4.83. The number of halogens is 1. The molecule has 1 heterocycles. The van der Waals surface area contributed by atoms with Crippen molar-refractivity contribution in [2.45, 2.75) is 6.42 Å². The van der Waals surface area contributed by atoms with Crippen molar-refractivity contribution in [2.75, 3.05) is 28.4 Å². The number of hydrogen-bond donors (Lipinski definition) is 0. The smallest absolute Gasteiger partial charge is 0.161 e. The lowest BCUT2D eigenvalue weighted by Crippen LogP contribution is -1.93. The Hall–Kier alpha value is -2.66. The fourth-order valence-electron chi connectivity index (χ4n) is 3.49. The van der Waals surface area contributed by atoms with Gasteiger partial charge in [-0.05, 0) is 40.8 Å². The highest BCUT2D eigenvalue weighted by Gasteiger charge is 2.25. The molecule has 0 bridgehead atoms. The predicted octanol–water partition coefficient (Wildman–Crippen LogP) is 4.26. The lowest BCUT2D eigenvalue weighted by Gasteiger charge is -2.11. The SMILES string of the molecule is COc1cc2c(cc1OC)-c1ncc3cc(OC)c(OC)cc3c1C2.Cl. The largest absolute Gasteiger partial charge is 0.493 e. The third-order valence-corrected chi connectivity index (χ3v) is 4.73. The quantitative estimate of drug-likeness (QED) is 0.535. The lowest BCUT2D eigenvalue weighted by molar-refractivity contribution is 0.355. The molecule has 0 aliphatic heterocycles. The van der Waals surface area contributed by atoms with Gasteiger partial charge in [0.1, 0.15) is 0 Å². The van der Waals surface area contributed by atoms with Gasteiger partial charge in [0.2, 0.25) is 0 Å². The summed E-state index contributed by atoms with van der Waals surface area (Å²) in [6, 6.07) is 8.02. The van der Waals surface area contributed by atoms with Crippen LogP contribution in [0.15, 0.2) is 30.5 Å². The van der Waals surface area contributed by atoms with Crippen LogP contribution in [0, 0.1) is 0 Å². The second-order valence-electron chi connectivity index (χ2n) is 5.92. The molecule has 5 nitrogen and oxygen atoms in total. The number of hydrogen-bond acceptors (Lipinski definition) is 5. The molecule has 0 saturated heterocycles. The summed E-state index contributed by atoms with van der Waals surface area (Å²) in [4.78, 5) is 4.70. The van der Waals surface area contributed by atoms with Gasteiger partial charge in [0.25, 0.3) is 0 Å². The summed E-state index contributed by atoms with van der Waals surface area (Å²) in [6.45, 7) is 0. The van der Waals surface area contributed by atoms with Crippen LogP contribution >= 0.6 is 12.4 Å². The van der Waals surface area contributed by atoms with Gasteiger partial charge in [0, 0.05) is 23.6 Å². The summed E-state index contributed by atoms with van der Waals surface area (Å²) in [6.07, 6.45) is 2.67. The van der Waals surface area contributed by atoms with Crippen LogP contribution in [0.5, 0.6) is 23.0 Å². The molecule has 2 aromatic carbocycles. The van der Waals surface area contributed by atoms with Crippen LogP contribution < -0.4 is 18.9 Å². The van der Waals surface area contributed by atoms with Crippen LogP contribution in [0.3, 0.4) is 0 Å². The highest BCUT2D eigenvalue weighted by molar-refractivity contribution is 5.95. The second kappa shape index (κ2) is 6.92. The summed E-state index contributed by atoms with van der Waals surface area (Å²) in [5.74, 6) is 2.87. The average molecular weight is 374 g/mol. The van der Waals surface area contributed by atoms with E-state index in [0.717, 1.165) is 39.9 Å². The van der Waals surface area contributed by atoms with E-state index >= 15 is 0 Å². The summed E-state index contributed by atoms with van der Waals surface area (Å²) in [7, 11) is 6.58. The zero-order chi connectivity index (χ0) is 17.6. The molecule has 0 radical (unpaired) electrons. The van der Waals surface area contributed by atoms with Crippen LogP contribution in [-0.4, -0.2) is 33.4 Å². The minimum absolute atomic E-state index is 0. The minimum Gasteiger partial charge on any atom is -0.493 e. The van der Waals surface area contributed by atoms with Crippen LogP contribution in [0.25, 0.3) is 22.0 Å². The molecule has 0 N–H and O–H groups in total.